The molecule has 1 aromatic rings. The third-order valence-corrected chi connectivity index (χ3v) is 4.35. The highest BCUT2D eigenvalue weighted by molar-refractivity contribution is 5.82. The van der Waals surface area contributed by atoms with Gasteiger partial charge in [-0.3, -0.25) is 9.53 Å². The van der Waals surface area contributed by atoms with E-state index in [1.807, 2.05) is 0 Å². The third kappa shape index (κ3) is 5.38. The van der Waals surface area contributed by atoms with Gasteiger partial charge in [-0.05, 0) is 31.0 Å². The van der Waals surface area contributed by atoms with Crippen LogP contribution in [0.5, 0.6) is 0 Å². The molecule has 146 valence electrons. The molecule has 1 fully saturated rings. The number of carbonyl (C=O) groups excluding carboxylic acids is 1. The number of hydrogen-bond donors (Lipinski definition) is 1. The van der Waals surface area contributed by atoms with E-state index in [9.17, 15) is 26.7 Å². The summed E-state index contributed by atoms with van der Waals surface area (Å²) in [6.45, 7) is 1.31. The summed E-state index contributed by atoms with van der Waals surface area (Å²) in [6.07, 6.45) is -4.01. The molecule has 1 N–H and O–H groups in total. The molecular weight excluding hydrogens is 359 g/mol. The maximum atomic E-state index is 14.1. The number of alkyl halides is 3. The van der Waals surface area contributed by atoms with Crippen molar-refractivity contribution < 1.29 is 31.5 Å². The van der Waals surface area contributed by atoms with Crippen LogP contribution in [0.4, 0.5) is 22.0 Å². The zero-order valence-electron chi connectivity index (χ0n) is 14.3. The molecule has 1 amide bonds. The number of likely N-dealkylation sites (N-methyl/N-ethyl adjacent to an activating group) is 1. The highest BCUT2D eigenvalue weighted by Gasteiger charge is 2.34. The van der Waals surface area contributed by atoms with Crippen molar-refractivity contribution in [3.8, 4) is 0 Å². The van der Waals surface area contributed by atoms with E-state index in [2.05, 4.69) is 10.1 Å². The smallest absolute Gasteiger partial charge is 0.338 e. The second kappa shape index (κ2) is 8.77. The quantitative estimate of drug-likeness (QED) is 0.771. The van der Waals surface area contributed by atoms with Crippen LogP contribution < -0.4 is 5.32 Å². The Morgan fingerprint density at radius 1 is 1.27 bits per heavy atom. The Morgan fingerprint density at radius 3 is 2.65 bits per heavy atom. The number of ether oxygens (including phenoxy) is 1. The fourth-order valence-electron chi connectivity index (χ4n) is 3.16. The van der Waals surface area contributed by atoms with Crippen molar-refractivity contribution in [3.63, 3.8) is 0 Å². The first-order chi connectivity index (χ1) is 12.2. The summed E-state index contributed by atoms with van der Waals surface area (Å²) in [7, 11) is 0. The van der Waals surface area contributed by atoms with Gasteiger partial charge < -0.3 is 10.2 Å². The Hall–Kier alpha value is -1.74. The van der Waals surface area contributed by atoms with Gasteiger partial charge in [0.1, 0.15) is 0 Å². The van der Waals surface area contributed by atoms with Gasteiger partial charge in [0.15, 0.2) is 11.6 Å². The Balaban J connectivity index is 2.19. The highest BCUT2D eigenvalue weighted by atomic mass is 19.4. The fraction of sp³-hybridized carbons (Fsp3) is 0.588. The van der Waals surface area contributed by atoms with Crippen LogP contribution in [0.2, 0.25) is 0 Å². The molecule has 26 heavy (non-hydrogen) atoms. The second-order valence-corrected chi connectivity index (χ2v) is 6.11. The van der Waals surface area contributed by atoms with Crippen molar-refractivity contribution in [3.05, 3.63) is 35.4 Å². The van der Waals surface area contributed by atoms with Gasteiger partial charge in [-0.2, -0.15) is 0 Å². The van der Waals surface area contributed by atoms with Gasteiger partial charge in [0.05, 0.1) is 12.6 Å². The van der Waals surface area contributed by atoms with Crippen LogP contribution in [0.25, 0.3) is 0 Å². The topological polar surface area (TPSA) is 41.6 Å². The summed E-state index contributed by atoms with van der Waals surface area (Å²) in [6, 6.07) is 3.23. The molecular formula is C17H21F5N2O2. The molecule has 0 aromatic heterocycles. The second-order valence-electron chi connectivity index (χ2n) is 6.11. The molecule has 0 saturated carbocycles. The molecule has 1 heterocycles. The molecule has 0 bridgehead atoms. The molecule has 2 rings (SSSR count). The first-order valence-corrected chi connectivity index (χ1v) is 8.39. The predicted molar refractivity (Wildman–Crippen MR) is 84.4 cm³/mol. The van der Waals surface area contributed by atoms with Crippen LogP contribution in [-0.4, -0.2) is 49.5 Å². The van der Waals surface area contributed by atoms with E-state index in [1.165, 1.54) is 17.0 Å². The van der Waals surface area contributed by atoms with E-state index in [0.29, 0.717) is 19.4 Å². The van der Waals surface area contributed by atoms with Gasteiger partial charge in [0, 0.05) is 19.0 Å². The van der Waals surface area contributed by atoms with Crippen molar-refractivity contribution in [1.29, 1.82) is 0 Å². The fourth-order valence-corrected chi connectivity index (χ4v) is 3.16. The van der Waals surface area contributed by atoms with E-state index in [0.717, 1.165) is 6.07 Å². The van der Waals surface area contributed by atoms with E-state index >= 15 is 0 Å². The average Bonchev–Trinajstić information content (AvgIpc) is 2.70. The highest BCUT2D eigenvalue weighted by Crippen LogP contribution is 2.30. The number of hydrogen-bond acceptors (Lipinski definition) is 3. The van der Waals surface area contributed by atoms with E-state index < -0.39 is 36.6 Å². The largest absolute Gasteiger partial charge is 0.522 e. The number of carbonyl (C=O) groups is 1. The normalized spacial score (nSPS) is 21.8. The molecule has 9 heteroatoms. The Kier molecular flexibility index (Phi) is 6.94. The number of nitrogens with one attached hydrogen (secondary N) is 1. The van der Waals surface area contributed by atoms with Crippen LogP contribution in [0.1, 0.15) is 31.2 Å². The van der Waals surface area contributed by atoms with Gasteiger partial charge >= 0.3 is 6.36 Å². The lowest BCUT2D eigenvalue weighted by Gasteiger charge is -2.27. The minimum Gasteiger partial charge on any atom is -0.338 e. The molecule has 0 unspecified atom stereocenters. The number of likely N-dealkylation sites (tertiary alicyclic amines) is 1. The lowest BCUT2D eigenvalue weighted by molar-refractivity contribution is -0.324. The zero-order chi connectivity index (χ0) is 19.3. The Bertz CT molecular complexity index is 624. The number of amides is 1. The molecule has 1 aliphatic rings. The van der Waals surface area contributed by atoms with Crippen molar-refractivity contribution in [2.24, 2.45) is 0 Å². The maximum absolute atomic E-state index is 14.1. The first kappa shape index (κ1) is 20.6. The van der Waals surface area contributed by atoms with Crippen molar-refractivity contribution in [2.75, 3.05) is 26.2 Å². The van der Waals surface area contributed by atoms with Crippen molar-refractivity contribution >= 4 is 5.91 Å². The van der Waals surface area contributed by atoms with E-state index in [1.54, 1.807) is 6.92 Å². The van der Waals surface area contributed by atoms with Crippen molar-refractivity contribution in [2.45, 2.75) is 38.1 Å². The van der Waals surface area contributed by atoms with Gasteiger partial charge in [-0.1, -0.05) is 19.1 Å². The van der Waals surface area contributed by atoms with Crippen LogP contribution in [0, 0.1) is 11.6 Å². The molecule has 2 atom stereocenters. The lowest BCUT2D eigenvalue weighted by atomic mass is 9.93. The molecule has 0 spiro atoms. The van der Waals surface area contributed by atoms with Crippen LogP contribution in [0.3, 0.4) is 0 Å². The monoisotopic (exact) mass is 380 g/mol. The van der Waals surface area contributed by atoms with Crippen LogP contribution >= 0.6 is 0 Å². The van der Waals surface area contributed by atoms with Crippen LogP contribution in [0.15, 0.2) is 18.2 Å². The minimum absolute atomic E-state index is 0.00230. The zero-order valence-corrected chi connectivity index (χ0v) is 14.3. The number of rotatable bonds is 6. The predicted octanol–water partition coefficient (Wildman–Crippen LogP) is 3.19. The number of benzene rings is 1. The minimum atomic E-state index is -4.79. The molecule has 4 nitrogen and oxygen atoms in total. The Labute approximate surface area is 148 Å². The van der Waals surface area contributed by atoms with Crippen molar-refractivity contribution in [1.82, 2.24) is 10.2 Å². The summed E-state index contributed by atoms with van der Waals surface area (Å²) in [4.78, 5) is 13.8. The first-order valence-electron chi connectivity index (χ1n) is 8.39. The standard InChI is InChI=1S/C17H21F5N2O2/c1-2-23-14-7-6-11(12-4-3-5-13(18)15(12)19)10-24(16(14)25)8-9-26-17(20,21)22/h3-5,11,14,23H,2,6-10H2,1H3/t11-,14-/m1/s1. The van der Waals surface area contributed by atoms with Gasteiger partial charge in [0.2, 0.25) is 5.91 Å². The van der Waals surface area contributed by atoms with E-state index in [-0.39, 0.29) is 24.6 Å². The molecule has 1 aromatic carbocycles. The third-order valence-electron chi connectivity index (χ3n) is 4.35. The summed E-state index contributed by atoms with van der Waals surface area (Å²) < 4.78 is 68.0. The number of nitrogens with zero attached hydrogens (tertiary/aromatic N) is 1. The molecule has 1 saturated heterocycles. The van der Waals surface area contributed by atoms with Gasteiger partial charge in [-0.25, -0.2) is 8.78 Å². The molecule has 1 aliphatic heterocycles. The summed E-state index contributed by atoms with van der Waals surface area (Å²) in [5, 5.41) is 2.99. The lowest BCUT2D eigenvalue weighted by Crippen LogP contribution is -2.46. The van der Waals surface area contributed by atoms with Crippen LogP contribution in [-0.2, 0) is 9.53 Å². The van der Waals surface area contributed by atoms with Gasteiger partial charge in [-0.15, -0.1) is 13.2 Å². The maximum Gasteiger partial charge on any atom is 0.522 e. The molecule has 0 radical (unpaired) electrons. The Morgan fingerprint density at radius 2 is 2.00 bits per heavy atom. The summed E-state index contributed by atoms with van der Waals surface area (Å²) >= 11 is 0. The number of halogens is 5. The molecule has 0 aliphatic carbocycles. The van der Waals surface area contributed by atoms with E-state index in [4.69, 9.17) is 0 Å². The SMILES string of the molecule is CCN[C@@H]1CC[C@@H](c2cccc(F)c2F)CN(CCOC(F)(F)F)C1=O. The summed E-state index contributed by atoms with van der Waals surface area (Å²) in [5.74, 6) is -2.85. The van der Waals surface area contributed by atoms with Gasteiger partial charge in [0.25, 0.3) is 0 Å². The summed E-state index contributed by atoms with van der Waals surface area (Å²) in [5.41, 5.74) is 0.122. The average molecular weight is 380 g/mol.